The minimum atomic E-state index is 0.335. The van der Waals surface area contributed by atoms with Crippen LogP contribution in [-0.4, -0.2) is 30.3 Å². The van der Waals surface area contributed by atoms with Crippen molar-refractivity contribution < 1.29 is 4.79 Å². The summed E-state index contributed by atoms with van der Waals surface area (Å²) in [4.78, 5) is 13.4. The molecule has 1 saturated heterocycles. The Labute approximate surface area is 100 Å². The normalized spacial score (nSPS) is 23.0. The number of rotatable bonds is 6. The molecule has 0 aliphatic carbocycles. The van der Waals surface area contributed by atoms with E-state index in [1.54, 1.807) is 6.92 Å². The second-order valence-corrected chi connectivity index (χ2v) is 5.21. The summed E-state index contributed by atoms with van der Waals surface area (Å²) < 4.78 is 0. The van der Waals surface area contributed by atoms with Gasteiger partial charge in [-0.2, -0.15) is 0 Å². The van der Waals surface area contributed by atoms with E-state index < -0.39 is 0 Å². The Morgan fingerprint density at radius 1 is 1.25 bits per heavy atom. The minimum absolute atomic E-state index is 0.335. The first kappa shape index (κ1) is 13.7. The number of carbonyl (C=O) groups is 1. The number of hydrogen-bond acceptors (Lipinski definition) is 2. The number of nitrogens with zero attached hydrogens (tertiary/aromatic N) is 1. The number of Topliss-reactive ketones (excluding diaryl/α,β-unsaturated/α-hetero) is 1. The molecular weight excluding hydrogens is 198 g/mol. The zero-order chi connectivity index (χ0) is 11.8. The van der Waals surface area contributed by atoms with Crippen molar-refractivity contribution in [1.29, 1.82) is 0 Å². The fourth-order valence-electron chi connectivity index (χ4n) is 2.57. The molecule has 0 aromatic carbocycles. The fraction of sp³-hybridized carbons (Fsp3) is 0.929. The maximum Gasteiger partial charge on any atom is 0.129 e. The third-order valence-electron chi connectivity index (χ3n) is 3.77. The van der Waals surface area contributed by atoms with Gasteiger partial charge in [0.2, 0.25) is 0 Å². The smallest absolute Gasteiger partial charge is 0.129 e. The number of carbonyl (C=O) groups excluding carboxylic acids is 1. The summed E-state index contributed by atoms with van der Waals surface area (Å²) in [5, 5.41) is 0. The highest BCUT2D eigenvalue weighted by Crippen LogP contribution is 2.20. The van der Waals surface area contributed by atoms with Gasteiger partial charge in [0.25, 0.3) is 0 Å². The van der Waals surface area contributed by atoms with Crippen molar-refractivity contribution in [3.05, 3.63) is 0 Å². The Balaban J connectivity index is 2.10. The van der Waals surface area contributed by atoms with E-state index in [2.05, 4.69) is 11.8 Å². The first-order valence-corrected chi connectivity index (χ1v) is 6.94. The molecule has 1 aliphatic heterocycles. The van der Waals surface area contributed by atoms with Crippen LogP contribution in [0.25, 0.3) is 0 Å². The number of hydrogen-bond donors (Lipinski definition) is 0. The lowest BCUT2D eigenvalue weighted by atomic mass is 9.98. The molecule has 1 heterocycles. The molecular formula is C14H27NO. The molecule has 0 saturated carbocycles. The molecule has 1 rings (SSSR count). The van der Waals surface area contributed by atoms with Gasteiger partial charge in [0.15, 0.2) is 0 Å². The highest BCUT2D eigenvalue weighted by molar-refractivity contribution is 5.75. The van der Waals surface area contributed by atoms with Crippen molar-refractivity contribution in [2.75, 3.05) is 19.6 Å². The quantitative estimate of drug-likeness (QED) is 0.647. The van der Waals surface area contributed by atoms with Crippen LogP contribution in [0.2, 0.25) is 0 Å². The first-order chi connectivity index (χ1) is 7.72. The average Bonchev–Trinajstić information content (AvgIpc) is 2.49. The van der Waals surface area contributed by atoms with Crippen molar-refractivity contribution in [1.82, 2.24) is 4.90 Å². The van der Waals surface area contributed by atoms with Gasteiger partial charge >= 0.3 is 0 Å². The molecule has 0 radical (unpaired) electrons. The van der Waals surface area contributed by atoms with Crippen LogP contribution in [0.15, 0.2) is 0 Å². The Hall–Kier alpha value is -0.370. The Morgan fingerprint density at radius 3 is 2.75 bits per heavy atom. The molecule has 2 nitrogen and oxygen atoms in total. The van der Waals surface area contributed by atoms with Gasteiger partial charge < -0.3 is 9.69 Å². The van der Waals surface area contributed by atoms with E-state index in [-0.39, 0.29) is 0 Å². The molecule has 0 aromatic rings. The fourth-order valence-corrected chi connectivity index (χ4v) is 2.57. The molecule has 94 valence electrons. The molecule has 0 spiro atoms. The van der Waals surface area contributed by atoms with Gasteiger partial charge in [-0.05, 0) is 64.6 Å². The lowest BCUT2D eigenvalue weighted by Gasteiger charge is -2.19. The van der Waals surface area contributed by atoms with Gasteiger partial charge in [0.1, 0.15) is 5.78 Å². The molecule has 16 heavy (non-hydrogen) atoms. The van der Waals surface area contributed by atoms with E-state index in [0.29, 0.717) is 5.78 Å². The maximum atomic E-state index is 10.8. The number of ketones is 1. The lowest BCUT2D eigenvalue weighted by molar-refractivity contribution is -0.117. The van der Waals surface area contributed by atoms with Gasteiger partial charge in [-0.15, -0.1) is 0 Å². The summed E-state index contributed by atoms with van der Waals surface area (Å²) in [6.45, 7) is 7.75. The van der Waals surface area contributed by atoms with E-state index in [0.717, 1.165) is 18.8 Å². The van der Waals surface area contributed by atoms with Crippen molar-refractivity contribution >= 4 is 5.78 Å². The lowest BCUT2D eigenvalue weighted by Crippen LogP contribution is -2.26. The van der Waals surface area contributed by atoms with Crippen LogP contribution in [0.4, 0.5) is 0 Å². The number of likely N-dealkylation sites (tertiary alicyclic amines) is 1. The summed E-state index contributed by atoms with van der Waals surface area (Å²) in [7, 11) is 0. The summed E-state index contributed by atoms with van der Waals surface area (Å²) in [5.74, 6) is 1.30. The molecule has 0 amide bonds. The van der Waals surface area contributed by atoms with E-state index in [1.807, 2.05) is 0 Å². The van der Waals surface area contributed by atoms with Crippen LogP contribution in [0, 0.1) is 5.92 Å². The summed E-state index contributed by atoms with van der Waals surface area (Å²) in [6.07, 6.45) is 8.54. The number of unbranched alkanes of at least 4 members (excludes halogenated alkanes) is 1. The van der Waals surface area contributed by atoms with Crippen LogP contribution >= 0.6 is 0 Å². The molecule has 1 atom stereocenters. The third kappa shape index (κ3) is 5.64. The van der Waals surface area contributed by atoms with Crippen molar-refractivity contribution in [2.24, 2.45) is 5.92 Å². The van der Waals surface area contributed by atoms with Gasteiger partial charge in [-0.25, -0.2) is 0 Å². The Bertz CT molecular complexity index is 203. The zero-order valence-electron chi connectivity index (χ0n) is 11.0. The topological polar surface area (TPSA) is 20.3 Å². The molecule has 1 fully saturated rings. The second-order valence-electron chi connectivity index (χ2n) is 5.21. The van der Waals surface area contributed by atoms with Gasteiger partial charge in [-0.3, -0.25) is 0 Å². The summed E-state index contributed by atoms with van der Waals surface area (Å²) >= 11 is 0. The van der Waals surface area contributed by atoms with Gasteiger partial charge in [-0.1, -0.05) is 13.3 Å². The second kappa shape index (κ2) is 7.83. The van der Waals surface area contributed by atoms with E-state index in [4.69, 9.17) is 0 Å². The largest absolute Gasteiger partial charge is 0.303 e. The zero-order valence-corrected chi connectivity index (χ0v) is 11.0. The van der Waals surface area contributed by atoms with Crippen molar-refractivity contribution in [2.45, 2.75) is 58.8 Å². The van der Waals surface area contributed by atoms with Crippen molar-refractivity contribution in [3.63, 3.8) is 0 Å². The molecule has 0 N–H and O–H groups in total. The Kier molecular flexibility index (Phi) is 6.70. The predicted octanol–water partition coefficient (Wildman–Crippen LogP) is 3.26. The first-order valence-electron chi connectivity index (χ1n) is 6.94. The van der Waals surface area contributed by atoms with Crippen LogP contribution < -0.4 is 0 Å². The highest BCUT2D eigenvalue weighted by Gasteiger charge is 2.14. The Morgan fingerprint density at radius 2 is 2.06 bits per heavy atom. The van der Waals surface area contributed by atoms with Crippen molar-refractivity contribution in [3.8, 4) is 0 Å². The third-order valence-corrected chi connectivity index (χ3v) is 3.77. The SMILES string of the molecule is CCC1CCCN(CCCCC(C)=O)CC1. The van der Waals surface area contributed by atoms with Crippen LogP contribution in [0.3, 0.4) is 0 Å². The van der Waals surface area contributed by atoms with E-state index >= 15 is 0 Å². The summed E-state index contributed by atoms with van der Waals surface area (Å²) in [5.41, 5.74) is 0. The monoisotopic (exact) mass is 225 g/mol. The average molecular weight is 225 g/mol. The van der Waals surface area contributed by atoms with E-state index in [1.165, 1.54) is 51.7 Å². The van der Waals surface area contributed by atoms with E-state index in [9.17, 15) is 4.79 Å². The molecule has 1 aliphatic rings. The maximum absolute atomic E-state index is 10.8. The van der Waals surface area contributed by atoms with Gasteiger partial charge in [0.05, 0.1) is 0 Å². The van der Waals surface area contributed by atoms with Crippen LogP contribution in [-0.2, 0) is 4.79 Å². The summed E-state index contributed by atoms with van der Waals surface area (Å²) in [6, 6.07) is 0. The molecule has 2 heteroatoms. The van der Waals surface area contributed by atoms with Gasteiger partial charge in [0, 0.05) is 6.42 Å². The highest BCUT2D eigenvalue weighted by atomic mass is 16.1. The predicted molar refractivity (Wildman–Crippen MR) is 68.6 cm³/mol. The molecule has 1 unspecified atom stereocenters. The molecule has 0 bridgehead atoms. The standard InChI is InChI=1S/C14H27NO/c1-3-14-8-6-11-15(12-9-14)10-5-4-7-13(2)16/h14H,3-12H2,1-2H3. The van der Waals surface area contributed by atoms with Crippen LogP contribution in [0.1, 0.15) is 58.8 Å². The minimum Gasteiger partial charge on any atom is -0.303 e. The van der Waals surface area contributed by atoms with Crippen LogP contribution in [0.5, 0.6) is 0 Å². The molecule has 0 aromatic heterocycles.